The predicted molar refractivity (Wildman–Crippen MR) is 81.9 cm³/mol. The summed E-state index contributed by atoms with van der Waals surface area (Å²) in [5.74, 6) is 0.170. The summed E-state index contributed by atoms with van der Waals surface area (Å²) in [4.78, 5) is 13.4. The Morgan fingerprint density at radius 3 is 2.55 bits per heavy atom. The van der Waals surface area contributed by atoms with E-state index in [0.717, 1.165) is 24.4 Å². The van der Waals surface area contributed by atoms with E-state index in [1.165, 1.54) is 23.3 Å². The van der Waals surface area contributed by atoms with Crippen molar-refractivity contribution in [2.45, 2.75) is 51.2 Å². The number of hydrogen-bond acceptors (Lipinski definition) is 1. The minimum atomic E-state index is -0.0359. The Bertz CT molecular complexity index is 440. The molecule has 1 saturated carbocycles. The number of amides is 1. The van der Waals surface area contributed by atoms with Crippen LogP contribution in [0.4, 0.5) is 0 Å². The lowest BCUT2D eigenvalue weighted by molar-refractivity contribution is -0.908. The third-order valence-electron chi connectivity index (χ3n) is 4.23. The van der Waals surface area contributed by atoms with E-state index in [1.54, 1.807) is 0 Å². The number of likely N-dealkylation sites (N-methyl/N-ethyl adjacent to an activating group) is 1. The summed E-state index contributed by atoms with van der Waals surface area (Å²) in [6.07, 6.45) is 4.75. The van der Waals surface area contributed by atoms with Gasteiger partial charge in [0.25, 0.3) is 5.91 Å². The number of nitrogens with one attached hydrogen (secondary N) is 2. The maximum absolute atomic E-state index is 12.2. The van der Waals surface area contributed by atoms with Gasteiger partial charge in [-0.2, -0.15) is 0 Å². The molecule has 0 heterocycles. The number of carbonyl (C=O) groups excluding carboxylic acids is 1. The van der Waals surface area contributed by atoms with Crippen LogP contribution in [0.15, 0.2) is 24.3 Å². The first-order valence-corrected chi connectivity index (χ1v) is 7.81. The van der Waals surface area contributed by atoms with Crippen molar-refractivity contribution >= 4 is 17.5 Å². The molecule has 1 fully saturated rings. The Hall–Kier alpha value is -1.06. The molecule has 1 aliphatic carbocycles. The van der Waals surface area contributed by atoms with Crippen LogP contribution < -0.4 is 10.2 Å². The number of hydrogen-bond donors (Lipinski definition) is 2. The molecule has 1 aliphatic rings. The molecular weight excluding hydrogens is 272 g/mol. The van der Waals surface area contributed by atoms with Gasteiger partial charge in [0.1, 0.15) is 6.54 Å². The molecule has 0 saturated heterocycles. The summed E-state index contributed by atoms with van der Waals surface area (Å²) in [5.41, 5.74) is 1.20. The van der Waals surface area contributed by atoms with Crippen LogP contribution in [0.25, 0.3) is 0 Å². The van der Waals surface area contributed by atoms with E-state index >= 15 is 0 Å². The van der Waals surface area contributed by atoms with Crippen molar-refractivity contribution in [2.24, 2.45) is 0 Å². The van der Waals surface area contributed by atoms with Crippen molar-refractivity contribution in [3.63, 3.8) is 0 Å². The van der Waals surface area contributed by atoms with Crippen LogP contribution in [0.3, 0.4) is 0 Å². The van der Waals surface area contributed by atoms with Crippen LogP contribution in [-0.4, -0.2) is 25.0 Å². The van der Waals surface area contributed by atoms with Crippen molar-refractivity contribution in [1.29, 1.82) is 0 Å². The number of halogens is 1. The second-order valence-corrected chi connectivity index (χ2v) is 6.30. The minimum Gasteiger partial charge on any atom is -0.348 e. The second kappa shape index (κ2) is 7.09. The summed E-state index contributed by atoms with van der Waals surface area (Å²) in [5, 5.41) is 3.92. The van der Waals surface area contributed by atoms with Crippen LogP contribution in [-0.2, 0) is 11.3 Å². The Morgan fingerprint density at radius 1 is 1.35 bits per heavy atom. The van der Waals surface area contributed by atoms with Crippen LogP contribution in [0.1, 0.15) is 38.2 Å². The smallest absolute Gasteiger partial charge is 0.278 e. The van der Waals surface area contributed by atoms with Gasteiger partial charge in [0.05, 0.1) is 7.05 Å². The van der Waals surface area contributed by atoms with Crippen LogP contribution >= 0.6 is 11.6 Å². The van der Waals surface area contributed by atoms with E-state index < -0.39 is 0 Å². The van der Waals surface area contributed by atoms with Gasteiger partial charge in [-0.1, -0.05) is 36.6 Å². The highest BCUT2D eigenvalue weighted by atomic mass is 35.5. The largest absolute Gasteiger partial charge is 0.348 e. The van der Waals surface area contributed by atoms with E-state index in [2.05, 4.69) is 12.4 Å². The predicted octanol–water partition coefficient (Wildman–Crippen LogP) is 1.80. The molecule has 2 N–H and O–H groups in total. The van der Waals surface area contributed by atoms with Crippen LogP contribution in [0.2, 0.25) is 5.02 Å². The maximum atomic E-state index is 12.2. The third-order valence-corrected chi connectivity index (χ3v) is 4.48. The third kappa shape index (κ3) is 4.22. The molecule has 110 valence electrons. The minimum absolute atomic E-state index is 0.0359. The van der Waals surface area contributed by atoms with E-state index in [1.807, 2.05) is 31.2 Å². The highest BCUT2D eigenvalue weighted by Crippen LogP contribution is 2.17. The Labute approximate surface area is 126 Å². The summed E-state index contributed by atoms with van der Waals surface area (Å²) < 4.78 is 0. The van der Waals surface area contributed by atoms with Gasteiger partial charge in [-0.3, -0.25) is 4.79 Å². The fourth-order valence-electron chi connectivity index (χ4n) is 2.70. The number of rotatable bonds is 5. The summed E-state index contributed by atoms with van der Waals surface area (Å²) in [7, 11) is 2.06. The Balaban J connectivity index is 1.85. The number of carbonyl (C=O) groups is 1. The SMILES string of the molecule is C[C@@H](C(=O)NC1CCCC1)[NH+](C)Cc1ccc(Cl)cc1. The van der Waals surface area contributed by atoms with Crippen LogP contribution in [0.5, 0.6) is 0 Å². The first kappa shape index (κ1) is 15.3. The maximum Gasteiger partial charge on any atom is 0.278 e. The summed E-state index contributed by atoms with van der Waals surface area (Å²) in [6.45, 7) is 2.83. The van der Waals surface area contributed by atoms with E-state index in [4.69, 9.17) is 11.6 Å². The van der Waals surface area contributed by atoms with Crippen molar-refractivity contribution in [2.75, 3.05) is 7.05 Å². The lowest BCUT2D eigenvalue weighted by Crippen LogP contribution is -3.12. The first-order valence-electron chi connectivity index (χ1n) is 7.43. The van der Waals surface area contributed by atoms with Crippen molar-refractivity contribution in [3.05, 3.63) is 34.9 Å². The fourth-order valence-corrected chi connectivity index (χ4v) is 2.82. The van der Waals surface area contributed by atoms with E-state index in [9.17, 15) is 4.79 Å². The topological polar surface area (TPSA) is 33.5 Å². The van der Waals surface area contributed by atoms with Crippen LogP contribution in [0, 0.1) is 0 Å². The lowest BCUT2D eigenvalue weighted by atomic mass is 10.1. The average Bonchev–Trinajstić information content (AvgIpc) is 2.93. The number of benzene rings is 1. The Kier molecular flexibility index (Phi) is 5.44. The van der Waals surface area contributed by atoms with Crippen molar-refractivity contribution in [1.82, 2.24) is 5.32 Å². The molecule has 1 aromatic rings. The zero-order valence-electron chi connectivity index (χ0n) is 12.3. The molecule has 0 aromatic heterocycles. The fraction of sp³-hybridized carbons (Fsp3) is 0.562. The zero-order chi connectivity index (χ0) is 14.5. The highest BCUT2D eigenvalue weighted by molar-refractivity contribution is 6.30. The molecule has 1 aromatic carbocycles. The van der Waals surface area contributed by atoms with Gasteiger partial charge in [-0.05, 0) is 31.9 Å². The summed E-state index contributed by atoms with van der Waals surface area (Å²) in [6, 6.07) is 8.20. The van der Waals surface area contributed by atoms with Gasteiger partial charge in [0, 0.05) is 16.6 Å². The molecule has 2 rings (SSSR count). The molecule has 20 heavy (non-hydrogen) atoms. The van der Waals surface area contributed by atoms with Gasteiger partial charge >= 0.3 is 0 Å². The molecular formula is C16H24ClN2O+. The van der Waals surface area contributed by atoms with Gasteiger partial charge in [0.15, 0.2) is 6.04 Å². The molecule has 0 radical (unpaired) electrons. The average molecular weight is 296 g/mol. The summed E-state index contributed by atoms with van der Waals surface area (Å²) >= 11 is 5.89. The van der Waals surface area contributed by atoms with E-state index in [0.29, 0.717) is 6.04 Å². The van der Waals surface area contributed by atoms with Crippen molar-refractivity contribution < 1.29 is 9.69 Å². The van der Waals surface area contributed by atoms with Gasteiger partial charge in [0.2, 0.25) is 0 Å². The first-order chi connectivity index (χ1) is 9.56. The highest BCUT2D eigenvalue weighted by Gasteiger charge is 2.25. The van der Waals surface area contributed by atoms with Gasteiger partial charge in [-0.15, -0.1) is 0 Å². The molecule has 0 bridgehead atoms. The van der Waals surface area contributed by atoms with Gasteiger partial charge in [-0.25, -0.2) is 0 Å². The van der Waals surface area contributed by atoms with Crippen molar-refractivity contribution in [3.8, 4) is 0 Å². The number of quaternary nitrogens is 1. The standard InChI is InChI=1S/C16H23ClN2O/c1-12(16(20)18-15-5-3-4-6-15)19(2)11-13-7-9-14(17)10-8-13/h7-10,12,15H,3-6,11H2,1-2H3,(H,18,20)/p+1/t12-/m0/s1. The van der Waals surface area contributed by atoms with E-state index in [-0.39, 0.29) is 11.9 Å². The molecule has 3 nitrogen and oxygen atoms in total. The Morgan fingerprint density at radius 2 is 1.95 bits per heavy atom. The monoisotopic (exact) mass is 295 g/mol. The normalized spacial score (nSPS) is 18.8. The molecule has 2 atom stereocenters. The zero-order valence-corrected chi connectivity index (χ0v) is 13.0. The van der Waals surface area contributed by atoms with Gasteiger partial charge < -0.3 is 10.2 Å². The molecule has 4 heteroatoms. The molecule has 0 spiro atoms. The quantitative estimate of drug-likeness (QED) is 0.853. The molecule has 0 aliphatic heterocycles. The molecule has 1 amide bonds. The lowest BCUT2D eigenvalue weighted by Gasteiger charge is -2.23. The molecule has 1 unspecified atom stereocenters. The second-order valence-electron chi connectivity index (χ2n) is 5.86.